The second kappa shape index (κ2) is 9.74. The molecule has 0 amide bonds. The van der Waals surface area contributed by atoms with Gasteiger partial charge in [-0.15, -0.1) is 0 Å². The summed E-state index contributed by atoms with van der Waals surface area (Å²) in [5.41, 5.74) is 0. The summed E-state index contributed by atoms with van der Waals surface area (Å²) in [6, 6.07) is 0. The second-order valence-corrected chi connectivity index (χ2v) is 7.18. The fourth-order valence-electron chi connectivity index (χ4n) is 3.20. The molecule has 0 spiro atoms. The van der Waals surface area contributed by atoms with Crippen molar-refractivity contribution in [3.63, 3.8) is 0 Å². The third kappa shape index (κ3) is 6.57. The van der Waals surface area contributed by atoms with Crippen LogP contribution in [0.4, 0.5) is 9.59 Å². The molecule has 0 N–H and O–H groups in total. The second-order valence-electron chi connectivity index (χ2n) is 7.18. The van der Waals surface area contributed by atoms with Crippen LogP contribution in [0.5, 0.6) is 0 Å². The van der Waals surface area contributed by atoms with Crippen molar-refractivity contribution in [2.45, 2.75) is 89.9 Å². The van der Waals surface area contributed by atoms with Crippen LogP contribution in [0.25, 0.3) is 0 Å². The van der Waals surface area contributed by atoms with Crippen LogP contribution in [0.15, 0.2) is 0 Å². The lowest BCUT2D eigenvalue weighted by Crippen LogP contribution is -2.39. The van der Waals surface area contributed by atoms with E-state index in [1.165, 1.54) is 6.42 Å². The molecule has 2 saturated carbocycles. The largest absolute Gasteiger partial charge is 0.508 e. The van der Waals surface area contributed by atoms with Crippen molar-refractivity contribution in [1.29, 1.82) is 0 Å². The molecule has 0 aromatic carbocycles. The van der Waals surface area contributed by atoms with E-state index in [-0.39, 0.29) is 12.0 Å². The van der Waals surface area contributed by atoms with Gasteiger partial charge in [-0.1, -0.05) is 20.3 Å². The lowest BCUT2D eigenvalue weighted by molar-refractivity contribution is -0.0804. The Balaban J connectivity index is 1.77. The van der Waals surface area contributed by atoms with Crippen molar-refractivity contribution in [2.24, 2.45) is 5.92 Å². The van der Waals surface area contributed by atoms with Gasteiger partial charge < -0.3 is 18.9 Å². The van der Waals surface area contributed by atoms with Crippen molar-refractivity contribution in [3.8, 4) is 0 Å². The van der Waals surface area contributed by atoms with Crippen LogP contribution in [-0.4, -0.2) is 37.2 Å². The number of carbonyl (C=O) groups excluding carboxylic acids is 2. The van der Waals surface area contributed by atoms with Gasteiger partial charge in [0.25, 0.3) is 0 Å². The molecule has 0 aromatic rings. The van der Waals surface area contributed by atoms with Gasteiger partial charge in [0.15, 0.2) is 0 Å². The number of ether oxygens (including phenoxy) is 4. The molecule has 0 radical (unpaired) electrons. The molecule has 6 heteroatoms. The Morgan fingerprint density at radius 1 is 0.792 bits per heavy atom. The normalized spacial score (nSPS) is 25.1. The van der Waals surface area contributed by atoms with Crippen LogP contribution in [0, 0.1) is 5.92 Å². The van der Waals surface area contributed by atoms with Gasteiger partial charge in [0.05, 0.1) is 6.61 Å². The molecule has 2 unspecified atom stereocenters. The van der Waals surface area contributed by atoms with Crippen molar-refractivity contribution < 1.29 is 28.5 Å². The van der Waals surface area contributed by atoms with Crippen molar-refractivity contribution in [3.05, 3.63) is 0 Å². The van der Waals surface area contributed by atoms with E-state index in [0.29, 0.717) is 19.4 Å². The van der Waals surface area contributed by atoms with E-state index in [1.54, 1.807) is 0 Å². The molecule has 0 bridgehead atoms. The first kappa shape index (κ1) is 18.9. The summed E-state index contributed by atoms with van der Waals surface area (Å²) >= 11 is 0. The predicted octanol–water partition coefficient (Wildman–Crippen LogP) is 4.59. The molecule has 2 atom stereocenters. The van der Waals surface area contributed by atoms with E-state index >= 15 is 0 Å². The molecule has 2 rings (SSSR count). The third-order valence-electron chi connectivity index (χ3n) is 4.49. The van der Waals surface area contributed by atoms with Gasteiger partial charge in [-0.05, 0) is 57.3 Å². The van der Waals surface area contributed by atoms with Gasteiger partial charge in [-0.3, -0.25) is 0 Å². The van der Waals surface area contributed by atoms with E-state index in [1.807, 2.05) is 13.8 Å². The standard InChI is InChI=1S/C18H30O6/c1-13(2)12-21-17(19)23-15-10-6-7-11-16(15)24-18(20)22-14-8-4-3-5-9-14/h13-16H,3-12H2,1-2H3. The first-order valence-corrected chi connectivity index (χ1v) is 9.25. The molecular weight excluding hydrogens is 312 g/mol. The minimum atomic E-state index is -0.690. The maximum Gasteiger partial charge on any atom is 0.508 e. The zero-order chi connectivity index (χ0) is 17.4. The molecule has 2 fully saturated rings. The van der Waals surface area contributed by atoms with Crippen LogP contribution >= 0.6 is 0 Å². The molecule has 6 nitrogen and oxygen atoms in total. The molecule has 0 aromatic heterocycles. The van der Waals surface area contributed by atoms with Gasteiger partial charge in [0.1, 0.15) is 18.3 Å². The van der Waals surface area contributed by atoms with Gasteiger partial charge in [0, 0.05) is 0 Å². The number of rotatable bonds is 5. The SMILES string of the molecule is CC(C)COC(=O)OC1CCCCC1OC(=O)OC1CCCCC1. The molecule has 0 heterocycles. The summed E-state index contributed by atoms with van der Waals surface area (Å²) < 4.78 is 21.2. The predicted molar refractivity (Wildman–Crippen MR) is 87.8 cm³/mol. The molecule has 0 aliphatic heterocycles. The van der Waals surface area contributed by atoms with E-state index in [2.05, 4.69) is 0 Å². The molecule has 2 aliphatic carbocycles. The van der Waals surface area contributed by atoms with Crippen LogP contribution in [0.2, 0.25) is 0 Å². The minimum Gasteiger partial charge on any atom is -0.434 e. The lowest BCUT2D eigenvalue weighted by atomic mass is 9.94. The quantitative estimate of drug-likeness (QED) is 0.680. The van der Waals surface area contributed by atoms with Gasteiger partial charge >= 0.3 is 12.3 Å². The average molecular weight is 342 g/mol. The van der Waals surface area contributed by atoms with Crippen LogP contribution in [-0.2, 0) is 18.9 Å². The summed E-state index contributed by atoms with van der Waals surface area (Å²) in [7, 11) is 0. The summed E-state index contributed by atoms with van der Waals surface area (Å²) in [5, 5.41) is 0. The highest BCUT2D eigenvalue weighted by Crippen LogP contribution is 2.26. The summed E-state index contributed by atoms with van der Waals surface area (Å²) in [6.45, 7) is 4.24. The first-order valence-electron chi connectivity index (χ1n) is 9.25. The monoisotopic (exact) mass is 342 g/mol. The molecule has 2 aliphatic rings. The zero-order valence-corrected chi connectivity index (χ0v) is 14.8. The molecule has 0 saturated heterocycles. The summed E-state index contributed by atoms with van der Waals surface area (Å²) in [6.07, 6.45) is 6.19. The molecule has 24 heavy (non-hydrogen) atoms. The van der Waals surface area contributed by atoms with Crippen molar-refractivity contribution in [2.75, 3.05) is 6.61 Å². The van der Waals surface area contributed by atoms with Crippen LogP contribution < -0.4 is 0 Å². The minimum absolute atomic E-state index is 0.0368. The Bertz CT molecular complexity index is 402. The zero-order valence-electron chi connectivity index (χ0n) is 14.8. The maximum absolute atomic E-state index is 12.0. The first-order chi connectivity index (χ1) is 11.5. The highest BCUT2D eigenvalue weighted by Gasteiger charge is 2.33. The van der Waals surface area contributed by atoms with Crippen molar-refractivity contribution in [1.82, 2.24) is 0 Å². The highest BCUT2D eigenvalue weighted by molar-refractivity contribution is 5.61. The average Bonchev–Trinajstić information content (AvgIpc) is 2.55. The smallest absolute Gasteiger partial charge is 0.434 e. The number of carbonyl (C=O) groups is 2. The number of hydrogen-bond acceptors (Lipinski definition) is 6. The Morgan fingerprint density at radius 3 is 1.92 bits per heavy atom. The summed E-state index contributed by atoms with van der Waals surface area (Å²) in [4.78, 5) is 23.8. The third-order valence-corrected chi connectivity index (χ3v) is 4.49. The van der Waals surface area contributed by atoms with E-state index < -0.39 is 24.5 Å². The lowest BCUT2D eigenvalue weighted by Gasteiger charge is -2.30. The topological polar surface area (TPSA) is 71.1 Å². The van der Waals surface area contributed by atoms with E-state index in [0.717, 1.165) is 38.5 Å². The van der Waals surface area contributed by atoms with Crippen LogP contribution in [0.1, 0.15) is 71.6 Å². The Hall–Kier alpha value is -1.46. The highest BCUT2D eigenvalue weighted by atomic mass is 16.8. The Labute approximate surface area is 144 Å². The maximum atomic E-state index is 12.0. The van der Waals surface area contributed by atoms with Gasteiger partial charge in [0.2, 0.25) is 0 Å². The fourth-order valence-corrected chi connectivity index (χ4v) is 3.20. The van der Waals surface area contributed by atoms with E-state index in [4.69, 9.17) is 18.9 Å². The number of hydrogen-bond donors (Lipinski definition) is 0. The van der Waals surface area contributed by atoms with Gasteiger partial charge in [-0.25, -0.2) is 9.59 Å². The van der Waals surface area contributed by atoms with E-state index in [9.17, 15) is 9.59 Å². The fraction of sp³-hybridized carbons (Fsp3) is 0.889. The molecular formula is C18H30O6. The Kier molecular flexibility index (Phi) is 7.66. The Morgan fingerprint density at radius 2 is 1.33 bits per heavy atom. The van der Waals surface area contributed by atoms with Crippen LogP contribution in [0.3, 0.4) is 0 Å². The van der Waals surface area contributed by atoms with Gasteiger partial charge in [-0.2, -0.15) is 0 Å². The summed E-state index contributed by atoms with van der Waals surface area (Å²) in [5.74, 6) is 0.251. The van der Waals surface area contributed by atoms with Crippen molar-refractivity contribution >= 4 is 12.3 Å². The molecule has 138 valence electrons.